The summed E-state index contributed by atoms with van der Waals surface area (Å²) < 4.78 is 11.5. The molecule has 1 atom stereocenters. The molecule has 0 bridgehead atoms. The molecular formula is C25H29N3O3S. The molecule has 32 heavy (non-hydrogen) atoms. The van der Waals surface area contributed by atoms with Gasteiger partial charge in [-0.05, 0) is 54.4 Å². The van der Waals surface area contributed by atoms with Crippen LogP contribution in [0.5, 0.6) is 5.75 Å². The van der Waals surface area contributed by atoms with E-state index in [0.717, 1.165) is 23.4 Å². The summed E-state index contributed by atoms with van der Waals surface area (Å²) >= 11 is 1.78. The van der Waals surface area contributed by atoms with Crippen LogP contribution in [0.3, 0.4) is 0 Å². The summed E-state index contributed by atoms with van der Waals surface area (Å²) in [6.07, 6.45) is 3.47. The Morgan fingerprint density at radius 3 is 2.47 bits per heavy atom. The number of hydrogen-bond donors (Lipinski definition) is 0. The van der Waals surface area contributed by atoms with Crippen molar-refractivity contribution in [3.05, 3.63) is 81.8 Å². The molecule has 0 radical (unpaired) electrons. The molecule has 0 spiro atoms. The lowest BCUT2D eigenvalue weighted by Gasteiger charge is -2.25. The molecule has 168 valence electrons. The SMILES string of the molecule is COc1ccc(CN2CC(OCc3ccncc3)CN(Cc3ccc(C)s3)CC2=O)cc1. The van der Waals surface area contributed by atoms with Crippen molar-refractivity contribution >= 4 is 17.2 Å². The zero-order chi connectivity index (χ0) is 22.3. The van der Waals surface area contributed by atoms with Gasteiger partial charge in [0, 0.05) is 48.3 Å². The molecule has 6 nitrogen and oxygen atoms in total. The van der Waals surface area contributed by atoms with Crippen molar-refractivity contribution in [3.63, 3.8) is 0 Å². The first kappa shape index (κ1) is 22.5. The summed E-state index contributed by atoms with van der Waals surface area (Å²) in [4.78, 5) is 23.9. The van der Waals surface area contributed by atoms with E-state index in [1.54, 1.807) is 30.8 Å². The molecular weight excluding hydrogens is 422 g/mol. The normalized spacial score (nSPS) is 17.4. The number of aromatic nitrogens is 1. The fraction of sp³-hybridized carbons (Fsp3) is 0.360. The van der Waals surface area contributed by atoms with Crippen LogP contribution < -0.4 is 4.74 Å². The molecule has 1 fully saturated rings. The molecule has 1 unspecified atom stereocenters. The minimum atomic E-state index is -0.0751. The Bertz CT molecular complexity index is 1010. The smallest absolute Gasteiger partial charge is 0.237 e. The highest BCUT2D eigenvalue weighted by molar-refractivity contribution is 7.11. The van der Waals surface area contributed by atoms with E-state index >= 15 is 0 Å². The van der Waals surface area contributed by atoms with Crippen LogP contribution in [0.4, 0.5) is 0 Å². The van der Waals surface area contributed by atoms with Crippen LogP contribution in [-0.4, -0.2) is 53.5 Å². The first-order valence-corrected chi connectivity index (χ1v) is 11.6. The summed E-state index contributed by atoms with van der Waals surface area (Å²) in [6.45, 7) is 5.60. The molecule has 1 saturated heterocycles. The Hall–Kier alpha value is -2.74. The van der Waals surface area contributed by atoms with Gasteiger partial charge in [0.15, 0.2) is 0 Å². The van der Waals surface area contributed by atoms with Crippen molar-refractivity contribution in [2.24, 2.45) is 0 Å². The second-order valence-electron chi connectivity index (χ2n) is 8.09. The zero-order valence-corrected chi connectivity index (χ0v) is 19.4. The van der Waals surface area contributed by atoms with Gasteiger partial charge in [-0.2, -0.15) is 0 Å². The highest BCUT2D eigenvalue weighted by atomic mass is 32.1. The summed E-state index contributed by atoms with van der Waals surface area (Å²) in [6, 6.07) is 16.1. The largest absolute Gasteiger partial charge is 0.497 e. The van der Waals surface area contributed by atoms with Crippen molar-refractivity contribution in [1.82, 2.24) is 14.8 Å². The minimum absolute atomic E-state index is 0.0751. The highest BCUT2D eigenvalue weighted by Crippen LogP contribution is 2.21. The Labute approximate surface area is 193 Å². The second-order valence-corrected chi connectivity index (χ2v) is 9.47. The predicted octanol–water partition coefficient (Wildman–Crippen LogP) is 3.89. The topological polar surface area (TPSA) is 54.9 Å². The minimum Gasteiger partial charge on any atom is -0.497 e. The molecule has 1 amide bonds. The van der Waals surface area contributed by atoms with E-state index in [2.05, 4.69) is 28.9 Å². The number of aryl methyl sites for hydroxylation is 1. The highest BCUT2D eigenvalue weighted by Gasteiger charge is 2.28. The van der Waals surface area contributed by atoms with Crippen molar-refractivity contribution in [2.75, 3.05) is 26.7 Å². The van der Waals surface area contributed by atoms with E-state index in [1.807, 2.05) is 41.3 Å². The van der Waals surface area contributed by atoms with Crippen LogP contribution in [0.15, 0.2) is 60.9 Å². The van der Waals surface area contributed by atoms with Gasteiger partial charge in [0.2, 0.25) is 5.91 Å². The number of thiophene rings is 1. The van der Waals surface area contributed by atoms with Gasteiger partial charge >= 0.3 is 0 Å². The van der Waals surface area contributed by atoms with Gasteiger partial charge in [-0.1, -0.05) is 12.1 Å². The van der Waals surface area contributed by atoms with Crippen LogP contribution in [0.1, 0.15) is 20.9 Å². The molecule has 3 heterocycles. The first-order valence-electron chi connectivity index (χ1n) is 10.8. The third-order valence-corrected chi connectivity index (χ3v) is 6.53. The average molecular weight is 452 g/mol. The number of pyridine rings is 1. The lowest BCUT2D eigenvalue weighted by Crippen LogP contribution is -2.37. The maximum atomic E-state index is 13.2. The molecule has 1 aliphatic rings. The van der Waals surface area contributed by atoms with E-state index in [-0.39, 0.29) is 12.0 Å². The maximum absolute atomic E-state index is 13.2. The Kier molecular flexibility index (Phi) is 7.52. The monoisotopic (exact) mass is 451 g/mol. The van der Waals surface area contributed by atoms with Crippen molar-refractivity contribution in [1.29, 1.82) is 0 Å². The Morgan fingerprint density at radius 2 is 1.78 bits per heavy atom. The van der Waals surface area contributed by atoms with E-state index in [4.69, 9.17) is 9.47 Å². The van der Waals surface area contributed by atoms with Crippen LogP contribution in [0.25, 0.3) is 0 Å². The number of ether oxygens (including phenoxy) is 2. The maximum Gasteiger partial charge on any atom is 0.237 e. The van der Waals surface area contributed by atoms with Gasteiger partial charge < -0.3 is 14.4 Å². The van der Waals surface area contributed by atoms with Gasteiger partial charge in [-0.15, -0.1) is 11.3 Å². The molecule has 1 aromatic carbocycles. The third-order valence-electron chi connectivity index (χ3n) is 5.54. The molecule has 1 aliphatic heterocycles. The lowest BCUT2D eigenvalue weighted by molar-refractivity contribution is -0.132. The van der Waals surface area contributed by atoms with Crippen molar-refractivity contribution in [3.8, 4) is 5.75 Å². The van der Waals surface area contributed by atoms with Crippen LogP contribution >= 0.6 is 11.3 Å². The number of methoxy groups -OCH3 is 1. The van der Waals surface area contributed by atoms with Gasteiger partial charge in [-0.3, -0.25) is 14.7 Å². The predicted molar refractivity (Wildman–Crippen MR) is 126 cm³/mol. The van der Waals surface area contributed by atoms with Gasteiger partial charge in [-0.25, -0.2) is 0 Å². The summed E-state index contributed by atoms with van der Waals surface area (Å²) in [7, 11) is 1.65. The van der Waals surface area contributed by atoms with Gasteiger partial charge in [0.1, 0.15) is 5.75 Å². The second kappa shape index (κ2) is 10.7. The van der Waals surface area contributed by atoms with Crippen molar-refractivity contribution < 1.29 is 14.3 Å². The number of amides is 1. The number of hydrogen-bond acceptors (Lipinski definition) is 6. The summed E-state index contributed by atoms with van der Waals surface area (Å²) in [5.41, 5.74) is 2.16. The van der Waals surface area contributed by atoms with E-state index in [9.17, 15) is 4.79 Å². The summed E-state index contributed by atoms with van der Waals surface area (Å²) in [5.74, 6) is 0.941. The third kappa shape index (κ3) is 6.16. The van der Waals surface area contributed by atoms with Gasteiger partial charge in [0.25, 0.3) is 0 Å². The molecule has 0 aliphatic carbocycles. The van der Waals surface area contributed by atoms with Gasteiger partial charge in [0.05, 0.1) is 26.4 Å². The molecule has 0 N–H and O–H groups in total. The lowest BCUT2D eigenvalue weighted by atomic mass is 10.2. The number of carbonyl (C=O) groups excluding carboxylic acids is 1. The van der Waals surface area contributed by atoms with Crippen LogP contribution in [0, 0.1) is 6.92 Å². The fourth-order valence-corrected chi connectivity index (χ4v) is 4.80. The number of benzene rings is 1. The summed E-state index contributed by atoms with van der Waals surface area (Å²) in [5, 5.41) is 0. The van der Waals surface area contributed by atoms with E-state index in [0.29, 0.717) is 32.8 Å². The Balaban J connectivity index is 1.47. The van der Waals surface area contributed by atoms with Crippen LogP contribution in [-0.2, 0) is 29.2 Å². The first-order chi connectivity index (χ1) is 15.6. The molecule has 2 aromatic heterocycles. The standard InChI is InChI=1S/C25H29N3O3S/c1-19-3-8-24(32-19)16-27-14-23(31-18-21-9-11-26-12-10-21)15-28(25(29)17-27)13-20-4-6-22(30-2)7-5-20/h3-12,23H,13-18H2,1-2H3. The number of rotatable bonds is 8. The molecule has 4 rings (SSSR count). The molecule has 7 heteroatoms. The van der Waals surface area contributed by atoms with Crippen LogP contribution in [0.2, 0.25) is 0 Å². The van der Waals surface area contributed by atoms with Crippen molar-refractivity contribution in [2.45, 2.75) is 32.7 Å². The van der Waals surface area contributed by atoms with E-state index in [1.165, 1.54) is 9.75 Å². The average Bonchev–Trinajstić information content (AvgIpc) is 3.15. The Morgan fingerprint density at radius 1 is 1.00 bits per heavy atom. The fourth-order valence-electron chi connectivity index (χ4n) is 3.86. The number of nitrogens with zero attached hydrogens (tertiary/aromatic N) is 3. The van der Waals surface area contributed by atoms with E-state index < -0.39 is 0 Å². The molecule has 0 saturated carbocycles. The zero-order valence-electron chi connectivity index (χ0n) is 18.6. The molecule has 3 aromatic rings. The number of carbonyl (C=O) groups is 1. The quantitative estimate of drug-likeness (QED) is 0.520.